The third-order valence-electron chi connectivity index (χ3n) is 4.76. The number of rotatable bonds is 5. The van der Waals surface area contributed by atoms with Crippen molar-refractivity contribution in [3.63, 3.8) is 0 Å². The van der Waals surface area contributed by atoms with Crippen LogP contribution in [0.1, 0.15) is 28.8 Å². The molecule has 0 spiro atoms. The lowest BCUT2D eigenvalue weighted by Gasteiger charge is -2.32. The lowest BCUT2D eigenvalue weighted by molar-refractivity contribution is -0.119. The summed E-state index contributed by atoms with van der Waals surface area (Å²) < 4.78 is 26.2. The average Bonchev–Trinajstić information content (AvgIpc) is 3.17. The number of nitrogens with zero attached hydrogens (tertiary/aromatic N) is 3. The molecule has 0 unspecified atom stereocenters. The monoisotopic (exact) mass is 365 g/mol. The zero-order valence-electron chi connectivity index (χ0n) is 14.1. The minimum Gasteiger partial charge on any atom is -0.342 e. The molecule has 2 aliphatic heterocycles. The van der Waals surface area contributed by atoms with E-state index >= 15 is 0 Å². The molecule has 0 N–H and O–H groups in total. The van der Waals surface area contributed by atoms with E-state index in [-0.39, 0.29) is 11.7 Å². The second-order valence-corrected chi connectivity index (χ2v) is 8.46. The van der Waals surface area contributed by atoms with E-state index in [1.807, 2.05) is 0 Å². The van der Waals surface area contributed by atoms with Gasteiger partial charge in [0.1, 0.15) is 0 Å². The molecule has 3 rings (SSSR count). The number of sulfonamides is 1. The predicted octanol–water partition coefficient (Wildman–Crippen LogP) is 0.526. The van der Waals surface area contributed by atoms with Gasteiger partial charge < -0.3 is 9.80 Å². The Morgan fingerprint density at radius 3 is 2.12 bits per heavy atom. The molecule has 7 nitrogen and oxygen atoms in total. The van der Waals surface area contributed by atoms with Crippen molar-refractivity contribution in [2.75, 3.05) is 39.3 Å². The van der Waals surface area contributed by atoms with Gasteiger partial charge in [0.15, 0.2) is 0 Å². The predicted molar refractivity (Wildman–Crippen MR) is 93.4 cm³/mol. The van der Waals surface area contributed by atoms with Crippen molar-refractivity contribution in [2.45, 2.75) is 18.6 Å². The van der Waals surface area contributed by atoms with Gasteiger partial charge in [-0.25, -0.2) is 12.7 Å². The minimum absolute atomic E-state index is 0.0283. The number of carbonyl (C=O) groups excluding carboxylic acids is 2. The second-order valence-electron chi connectivity index (χ2n) is 6.49. The van der Waals surface area contributed by atoms with E-state index < -0.39 is 10.0 Å². The molecule has 25 heavy (non-hydrogen) atoms. The summed E-state index contributed by atoms with van der Waals surface area (Å²) >= 11 is 0. The van der Waals surface area contributed by atoms with E-state index in [4.69, 9.17) is 0 Å². The van der Waals surface area contributed by atoms with Gasteiger partial charge in [-0.05, 0) is 30.5 Å². The standard InChI is InChI=1S/C17H23N3O4S/c21-14-18-9-11-19(12-10-18)17(22)16-5-3-15(4-6-16)13-25(23,24)20-7-1-2-8-20/h3-6,14H,1-2,7-13H2. The quantitative estimate of drug-likeness (QED) is 0.713. The van der Waals surface area contributed by atoms with E-state index in [2.05, 4.69) is 0 Å². The van der Waals surface area contributed by atoms with Crippen molar-refractivity contribution in [3.05, 3.63) is 35.4 Å². The maximum Gasteiger partial charge on any atom is 0.253 e. The first-order valence-corrected chi connectivity index (χ1v) is 10.2. The van der Waals surface area contributed by atoms with Crippen molar-refractivity contribution < 1.29 is 18.0 Å². The first kappa shape index (κ1) is 17.9. The Balaban J connectivity index is 1.62. The minimum atomic E-state index is -3.28. The highest BCUT2D eigenvalue weighted by Crippen LogP contribution is 2.18. The van der Waals surface area contributed by atoms with Crippen molar-refractivity contribution in [1.29, 1.82) is 0 Å². The fourth-order valence-electron chi connectivity index (χ4n) is 3.22. The van der Waals surface area contributed by atoms with Gasteiger partial charge in [0.25, 0.3) is 5.91 Å². The van der Waals surface area contributed by atoms with Gasteiger partial charge in [0.2, 0.25) is 16.4 Å². The molecule has 136 valence electrons. The highest BCUT2D eigenvalue weighted by Gasteiger charge is 2.26. The summed E-state index contributed by atoms with van der Waals surface area (Å²) in [6.07, 6.45) is 2.64. The van der Waals surface area contributed by atoms with Gasteiger partial charge in [-0.3, -0.25) is 9.59 Å². The molecule has 2 fully saturated rings. The first-order valence-electron chi connectivity index (χ1n) is 8.55. The molecular weight excluding hydrogens is 342 g/mol. The van der Waals surface area contributed by atoms with Crippen molar-refractivity contribution in [2.24, 2.45) is 0 Å². The van der Waals surface area contributed by atoms with E-state index in [1.165, 1.54) is 0 Å². The number of amides is 2. The van der Waals surface area contributed by atoms with E-state index in [0.29, 0.717) is 50.4 Å². The Morgan fingerprint density at radius 1 is 0.960 bits per heavy atom. The van der Waals surface area contributed by atoms with Crippen LogP contribution in [0, 0.1) is 0 Å². The van der Waals surface area contributed by atoms with E-state index in [9.17, 15) is 18.0 Å². The van der Waals surface area contributed by atoms with Crippen LogP contribution in [0.2, 0.25) is 0 Å². The first-order chi connectivity index (χ1) is 12.0. The number of hydrogen-bond donors (Lipinski definition) is 0. The Hall–Kier alpha value is -1.93. The van der Waals surface area contributed by atoms with E-state index in [1.54, 1.807) is 38.4 Å². The number of hydrogen-bond acceptors (Lipinski definition) is 4. The second kappa shape index (κ2) is 7.53. The molecule has 2 heterocycles. The van der Waals surface area contributed by atoms with Crippen LogP contribution in [0.5, 0.6) is 0 Å². The van der Waals surface area contributed by atoms with E-state index in [0.717, 1.165) is 19.3 Å². The largest absolute Gasteiger partial charge is 0.342 e. The van der Waals surface area contributed by atoms with Gasteiger partial charge in [-0.2, -0.15) is 0 Å². The third kappa shape index (κ3) is 4.19. The summed E-state index contributed by atoms with van der Waals surface area (Å²) in [7, 11) is -3.28. The lowest BCUT2D eigenvalue weighted by Crippen LogP contribution is -2.48. The fourth-order valence-corrected chi connectivity index (χ4v) is 4.84. The summed E-state index contributed by atoms with van der Waals surface area (Å²) in [6, 6.07) is 6.79. The number of carbonyl (C=O) groups is 2. The fraction of sp³-hybridized carbons (Fsp3) is 0.529. The van der Waals surface area contributed by atoms with Crippen LogP contribution in [0.15, 0.2) is 24.3 Å². The Morgan fingerprint density at radius 2 is 1.56 bits per heavy atom. The smallest absolute Gasteiger partial charge is 0.253 e. The molecule has 1 aromatic rings. The number of benzene rings is 1. The summed E-state index contributed by atoms with van der Waals surface area (Å²) in [5.74, 6) is -0.112. The molecule has 0 atom stereocenters. The molecule has 0 aromatic heterocycles. The highest BCUT2D eigenvalue weighted by molar-refractivity contribution is 7.88. The van der Waals surface area contributed by atoms with Gasteiger partial charge in [0.05, 0.1) is 5.75 Å². The molecule has 0 saturated carbocycles. The molecule has 0 aliphatic carbocycles. The summed E-state index contributed by atoms with van der Waals surface area (Å²) in [4.78, 5) is 26.6. The maximum atomic E-state index is 12.5. The Kier molecular flexibility index (Phi) is 5.39. The molecular formula is C17H23N3O4S. The molecule has 2 aliphatic rings. The molecule has 1 aromatic carbocycles. The van der Waals surface area contributed by atoms with Gasteiger partial charge in [-0.15, -0.1) is 0 Å². The lowest BCUT2D eigenvalue weighted by atomic mass is 10.1. The molecule has 0 radical (unpaired) electrons. The molecule has 0 bridgehead atoms. The molecule has 2 amide bonds. The SMILES string of the molecule is O=CN1CCN(C(=O)c2ccc(CS(=O)(=O)N3CCCC3)cc2)CC1. The van der Waals surface area contributed by atoms with Crippen molar-refractivity contribution >= 4 is 22.3 Å². The zero-order valence-corrected chi connectivity index (χ0v) is 15.0. The summed E-state index contributed by atoms with van der Waals surface area (Å²) in [6.45, 7) is 3.32. The van der Waals surface area contributed by atoms with Crippen LogP contribution in [0.4, 0.5) is 0 Å². The van der Waals surface area contributed by atoms with Crippen LogP contribution in [-0.2, 0) is 20.6 Å². The van der Waals surface area contributed by atoms with Gasteiger partial charge >= 0.3 is 0 Å². The van der Waals surface area contributed by atoms with Crippen molar-refractivity contribution in [1.82, 2.24) is 14.1 Å². The normalized spacial score (nSPS) is 19.2. The van der Waals surface area contributed by atoms with Crippen LogP contribution in [0.25, 0.3) is 0 Å². The average molecular weight is 365 g/mol. The van der Waals surface area contributed by atoms with Gasteiger partial charge in [0, 0.05) is 44.8 Å². The maximum absolute atomic E-state index is 12.5. The van der Waals surface area contributed by atoms with Crippen LogP contribution < -0.4 is 0 Å². The van der Waals surface area contributed by atoms with Crippen LogP contribution in [0.3, 0.4) is 0 Å². The topological polar surface area (TPSA) is 78.0 Å². The zero-order chi connectivity index (χ0) is 17.9. The summed E-state index contributed by atoms with van der Waals surface area (Å²) in [5.41, 5.74) is 1.23. The summed E-state index contributed by atoms with van der Waals surface area (Å²) in [5, 5.41) is 0. The highest BCUT2D eigenvalue weighted by atomic mass is 32.2. The Labute approximate surface area is 148 Å². The van der Waals surface area contributed by atoms with Crippen LogP contribution in [-0.4, -0.2) is 74.1 Å². The number of piperazine rings is 1. The molecule has 8 heteroatoms. The van der Waals surface area contributed by atoms with Crippen molar-refractivity contribution in [3.8, 4) is 0 Å². The molecule has 2 saturated heterocycles. The van der Waals surface area contributed by atoms with Crippen LogP contribution >= 0.6 is 0 Å². The van der Waals surface area contributed by atoms with Gasteiger partial charge in [-0.1, -0.05) is 12.1 Å². The Bertz CT molecular complexity index is 719. The third-order valence-corrected chi connectivity index (χ3v) is 6.61.